The van der Waals surface area contributed by atoms with E-state index in [1.807, 2.05) is 0 Å². The number of benzene rings is 1. The molecule has 0 bridgehead atoms. The van der Waals surface area contributed by atoms with Crippen molar-refractivity contribution in [3.05, 3.63) is 35.4 Å². The fourth-order valence-electron chi connectivity index (χ4n) is 2.92. The van der Waals surface area contributed by atoms with Crippen molar-refractivity contribution < 1.29 is 0 Å². The van der Waals surface area contributed by atoms with E-state index < -0.39 is 0 Å². The second-order valence-corrected chi connectivity index (χ2v) is 7.11. The van der Waals surface area contributed by atoms with Gasteiger partial charge in [0.2, 0.25) is 0 Å². The van der Waals surface area contributed by atoms with E-state index in [9.17, 15) is 0 Å². The maximum atomic E-state index is 3.54. The summed E-state index contributed by atoms with van der Waals surface area (Å²) in [6.07, 6.45) is 2.55. The van der Waals surface area contributed by atoms with Crippen LogP contribution >= 0.6 is 11.8 Å². The van der Waals surface area contributed by atoms with Crippen molar-refractivity contribution in [1.82, 2.24) is 5.32 Å². The van der Waals surface area contributed by atoms with Gasteiger partial charge >= 0.3 is 0 Å². The van der Waals surface area contributed by atoms with Gasteiger partial charge in [-0.3, -0.25) is 0 Å². The highest BCUT2D eigenvalue weighted by atomic mass is 32.2. The highest BCUT2D eigenvalue weighted by Crippen LogP contribution is 2.43. The molecule has 0 aliphatic heterocycles. The van der Waals surface area contributed by atoms with E-state index in [0.29, 0.717) is 17.2 Å². The van der Waals surface area contributed by atoms with E-state index in [1.165, 1.54) is 24.0 Å². The van der Waals surface area contributed by atoms with Crippen LogP contribution in [-0.2, 0) is 0 Å². The molecule has 1 N–H and O–H groups in total. The summed E-state index contributed by atoms with van der Waals surface area (Å²) >= 11 is 2.16. The summed E-state index contributed by atoms with van der Waals surface area (Å²) in [5, 5.41) is 5.00. The molecule has 0 saturated heterocycles. The smallest absolute Gasteiger partial charge is 0.0441 e. The van der Waals surface area contributed by atoms with Crippen molar-refractivity contribution in [3.8, 4) is 0 Å². The van der Waals surface area contributed by atoms with Crippen LogP contribution in [0.3, 0.4) is 0 Å². The lowest BCUT2D eigenvalue weighted by Crippen LogP contribution is -2.34. The lowest BCUT2D eigenvalue weighted by Gasteiger charge is -2.37. The van der Waals surface area contributed by atoms with Crippen LogP contribution in [-0.4, -0.2) is 17.5 Å². The maximum Gasteiger partial charge on any atom is 0.0441 e. The molecule has 0 amide bonds. The summed E-state index contributed by atoms with van der Waals surface area (Å²) in [6, 6.07) is 9.46. The van der Waals surface area contributed by atoms with E-state index in [0.717, 1.165) is 5.25 Å². The van der Waals surface area contributed by atoms with Crippen LogP contribution in [0.5, 0.6) is 0 Å². The standard InChI is InChI=1S/C16H25NS/c1-5-12(3)18-15-10-11(2)13-8-6-7-9-14(13)16(15)17-4/h6-9,11-12,15-17H,5,10H2,1-4H3. The minimum Gasteiger partial charge on any atom is -0.312 e. The minimum absolute atomic E-state index is 0.511. The van der Waals surface area contributed by atoms with Crippen molar-refractivity contribution in [2.75, 3.05) is 7.05 Å². The molecule has 1 aromatic carbocycles. The van der Waals surface area contributed by atoms with E-state index >= 15 is 0 Å². The molecule has 4 atom stereocenters. The molecule has 1 aliphatic rings. The number of hydrogen-bond donors (Lipinski definition) is 1. The zero-order valence-electron chi connectivity index (χ0n) is 11.9. The third kappa shape index (κ3) is 2.75. The lowest BCUT2D eigenvalue weighted by molar-refractivity contribution is 0.472. The van der Waals surface area contributed by atoms with Gasteiger partial charge < -0.3 is 5.32 Å². The molecular weight excluding hydrogens is 238 g/mol. The second kappa shape index (κ2) is 6.12. The first kappa shape index (κ1) is 14.0. The number of nitrogens with one attached hydrogen (secondary N) is 1. The Bertz CT molecular complexity index is 390. The second-order valence-electron chi connectivity index (χ2n) is 5.43. The molecule has 0 spiro atoms. The molecule has 4 unspecified atom stereocenters. The van der Waals surface area contributed by atoms with Crippen LogP contribution in [0, 0.1) is 0 Å². The Balaban J connectivity index is 2.25. The van der Waals surface area contributed by atoms with Gasteiger partial charge in [0.25, 0.3) is 0 Å². The summed E-state index contributed by atoms with van der Waals surface area (Å²) in [6.45, 7) is 7.00. The quantitative estimate of drug-likeness (QED) is 0.866. The molecule has 0 heterocycles. The molecule has 2 rings (SSSR count). The molecule has 0 aromatic heterocycles. The molecule has 1 aliphatic carbocycles. The third-order valence-electron chi connectivity index (χ3n) is 4.11. The van der Waals surface area contributed by atoms with Gasteiger partial charge in [0.1, 0.15) is 0 Å². The van der Waals surface area contributed by atoms with Crippen LogP contribution in [0.1, 0.15) is 56.7 Å². The minimum atomic E-state index is 0.511. The van der Waals surface area contributed by atoms with Crippen molar-refractivity contribution in [2.45, 2.75) is 56.1 Å². The number of thioether (sulfide) groups is 1. The summed E-state index contributed by atoms with van der Waals surface area (Å²) in [7, 11) is 2.10. The van der Waals surface area contributed by atoms with Gasteiger partial charge in [-0.2, -0.15) is 11.8 Å². The summed E-state index contributed by atoms with van der Waals surface area (Å²) < 4.78 is 0. The summed E-state index contributed by atoms with van der Waals surface area (Å²) in [4.78, 5) is 0. The van der Waals surface area contributed by atoms with E-state index in [4.69, 9.17) is 0 Å². The van der Waals surface area contributed by atoms with Crippen LogP contribution in [0.2, 0.25) is 0 Å². The Morgan fingerprint density at radius 3 is 2.61 bits per heavy atom. The molecule has 0 radical (unpaired) electrons. The van der Waals surface area contributed by atoms with Gasteiger partial charge in [-0.15, -0.1) is 0 Å². The summed E-state index contributed by atoms with van der Waals surface area (Å²) in [5.74, 6) is 0.687. The van der Waals surface area contributed by atoms with E-state index in [1.54, 1.807) is 0 Å². The zero-order valence-corrected chi connectivity index (χ0v) is 12.8. The highest BCUT2D eigenvalue weighted by molar-refractivity contribution is 8.00. The Kier molecular flexibility index (Phi) is 4.74. The first-order chi connectivity index (χ1) is 8.67. The SMILES string of the molecule is CCC(C)SC1CC(C)c2ccccc2C1NC. The van der Waals surface area contributed by atoms with Gasteiger partial charge in [0.15, 0.2) is 0 Å². The van der Waals surface area contributed by atoms with Crippen LogP contribution in [0.25, 0.3) is 0 Å². The van der Waals surface area contributed by atoms with Crippen LogP contribution in [0.4, 0.5) is 0 Å². The van der Waals surface area contributed by atoms with E-state index in [-0.39, 0.29) is 0 Å². The third-order valence-corrected chi connectivity index (χ3v) is 5.72. The van der Waals surface area contributed by atoms with Crippen molar-refractivity contribution >= 4 is 11.8 Å². The predicted molar refractivity (Wildman–Crippen MR) is 82.4 cm³/mol. The Hall–Kier alpha value is -0.470. The predicted octanol–water partition coefficient (Wildman–Crippen LogP) is 4.35. The molecule has 0 saturated carbocycles. The van der Waals surface area contributed by atoms with E-state index in [2.05, 4.69) is 69.2 Å². The van der Waals surface area contributed by atoms with Crippen molar-refractivity contribution in [2.24, 2.45) is 0 Å². The monoisotopic (exact) mass is 263 g/mol. The number of rotatable bonds is 4. The number of hydrogen-bond acceptors (Lipinski definition) is 2. The molecule has 0 fully saturated rings. The van der Waals surface area contributed by atoms with Gasteiger partial charge in [-0.25, -0.2) is 0 Å². The zero-order chi connectivity index (χ0) is 13.1. The average Bonchev–Trinajstić information content (AvgIpc) is 2.39. The molecule has 100 valence electrons. The fourth-order valence-corrected chi connectivity index (χ4v) is 4.55. The largest absolute Gasteiger partial charge is 0.312 e. The van der Waals surface area contributed by atoms with Gasteiger partial charge in [-0.1, -0.05) is 45.0 Å². The Morgan fingerprint density at radius 2 is 2.00 bits per heavy atom. The number of fused-ring (bicyclic) bond motifs is 1. The normalized spacial score (nSPS) is 28.8. The summed E-state index contributed by atoms with van der Waals surface area (Å²) in [5.41, 5.74) is 3.05. The van der Waals surface area contributed by atoms with Crippen molar-refractivity contribution in [3.63, 3.8) is 0 Å². The van der Waals surface area contributed by atoms with Gasteiger partial charge in [-0.05, 0) is 36.9 Å². The fraction of sp³-hybridized carbons (Fsp3) is 0.625. The lowest BCUT2D eigenvalue weighted by atomic mass is 9.81. The average molecular weight is 263 g/mol. The van der Waals surface area contributed by atoms with Crippen LogP contribution < -0.4 is 5.32 Å². The Morgan fingerprint density at radius 1 is 1.33 bits per heavy atom. The highest BCUT2D eigenvalue weighted by Gasteiger charge is 2.32. The van der Waals surface area contributed by atoms with Gasteiger partial charge in [0.05, 0.1) is 0 Å². The van der Waals surface area contributed by atoms with Gasteiger partial charge in [0, 0.05) is 16.5 Å². The first-order valence-corrected chi connectivity index (χ1v) is 8.03. The van der Waals surface area contributed by atoms with Crippen molar-refractivity contribution in [1.29, 1.82) is 0 Å². The topological polar surface area (TPSA) is 12.0 Å². The molecule has 1 aromatic rings. The maximum absolute atomic E-state index is 3.54. The Labute approximate surface area is 116 Å². The first-order valence-electron chi connectivity index (χ1n) is 7.08. The molecular formula is C16H25NS. The van der Waals surface area contributed by atoms with Crippen LogP contribution in [0.15, 0.2) is 24.3 Å². The molecule has 2 heteroatoms. The molecule has 1 nitrogen and oxygen atoms in total. The molecule has 18 heavy (non-hydrogen) atoms.